The second kappa shape index (κ2) is 17.9. The summed E-state index contributed by atoms with van der Waals surface area (Å²) in [5.41, 5.74) is 13.2. The van der Waals surface area contributed by atoms with Crippen molar-refractivity contribution in [1.29, 1.82) is 0 Å². The van der Waals surface area contributed by atoms with Crippen molar-refractivity contribution in [3.05, 3.63) is 101 Å². The van der Waals surface area contributed by atoms with Gasteiger partial charge in [-0.2, -0.15) is 33.7 Å². The van der Waals surface area contributed by atoms with E-state index in [0.717, 1.165) is 53.2 Å². The number of aromatic hydroxyl groups is 2. The molecular weight excluding hydrogens is 1000 g/mol. The number of phenols is 2. The Morgan fingerprint density at radius 2 is 1.14 bits per heavy atom. The Morgan fingerprint density at radius 1 is 0.580 bits per heavy atom. The maximum atomic E-state index is 13.3. The number of H-pyrrole nitrogens is 1. The lowest BCUT2D eigenvalue weighted by atomic mass is 10.1. The summed E-state index contributed by atoms with van der Waals surface area (Å²) in [4.78, 5) is 22.3. The van der Waals surface area contributed by atoms with Gasteiger partial charge >= 0.3 is 5.97 Å². The van der Waals surface area contributed by atoms with Gasteiger partial charge in [-0.3, -0.25) is 49.8 Å². The van der Waals surface area contributed by atoms with Crippen LogP contribution in [0.15, 0.2) is 109 Å². The first kappa shape index (κ1) is 48.9. The van der Waals surface area contributed by atoms with Gasteiger partial charge in [-0.1, -0.05) is 0 Å². The highest BCUT2D eigenvalue weighted by atomic mass is 32.2. The number of aromatic nitrogens is 2. The number of carboxylic acid groups (broad SMARTS) is 1. The molecule has 6 aromatic carbocycles. The van der Waals surface area contributed by atoms with Crippen LogP contribution < -0.4 is 47.6 Å². The molecule has 27 nitrogen and oxygen atoms in total. The number of nitrogens with one attached hydrogen (secondary N) is 7. The molecule has 0 unspecified atom stereocenters. The van der Waals surface area contributed by atoms with Gasteiger partial charge in [0.25, 0.3) is 46.0 Å². The summed E-state index contributed by atoms with van der Waals surface area (Å²) in [7, 11) is -17.1. The van der Waals surface area contributed by atoms with Crippen molar-refractivity contribution in [3.8, 4) is 28.7 Å². The largest absolute Gasteiger partial charge is 0.507 e. The quantitative estimate of drug-likeness (QED) is 0.0349. The zero-order valence-electron chi connectivity index (χ0n) is 34.7. The number of nitrogens with zero attached hydrogens (tertiary/aromatic N) is 1. The number of hydrazine groups is 3. The van der Waals surface area contributed by atoms with Crippen LogP contribution in [-0.2, 0) is 40.5 Å². The fourth-order valence-corrected chi connectivity index (χ4v) is 9.17. The highest BCUT2D eigenvalue weighted by Gasteiger charge is 2.26. The average Bonchev–Trinajstić information content (AvgIpc) is 3.61. The van der Waals surface area contributed by atoms with E-state index >= 15 is 0 Å². The van der Waals surface area contributed by atoms with Crippen LogP contribution in [0.25, 0.3) is 27.2 Å². The molecule has 7 rings (SSSR count). The van der Waals surface area contributed by atoms with E-state index in [4.69, 9.17) is 9.47 Å². The molecule has 69 heavy (non-hydrogen) atoms. The van der Waals surface area contributed by atoms with E-state index in [1.807, 2.05) is 0 Å². The third kappa shape index (κ3) is 9.86. The molecule has 7 aromatic rings. The molecule has 1 aromatic heterocycles. The summed E-state index contributed by atoms with van der Waals surface area (Å²) in [6.07, 6.45) is 0. The van der Waals surface area contributed by atoms with Crippen LogP contribution in [0.5, 0.6) is 23.0 Å². The van der Waals surface area contributed by atoms with Gasteiger partial charge in [-0.25, -0.2) is 9.48 Å². The minimum atomic E-state index is -5.12. The van der Waals surface area contributed by atoms with E-state index in [1.165, 1.54) is 44.6 Å². The van der Waals surface area contributed by atoms with Crippen LogP contribution in [0.3, 0.4) is 0 Å². The summed E-state index contributed by atoms with van der Waals surface area (Å²) in [6.45, 7) is 0. The minimum Gasteiger partial charge on any atom is -0.507 e. The maximum absolute atomic E-state index is 13.3. The lowest BCUT2D eigenvalue weighted by Crippen LogP contribution is -2.21. The lowest BCUT2D eigenvalue weighted by molar-refractivity contribution is 0.0690. The van der Waals surface area contributed by atoms with Gasteiger partial charge in [-0.15, -0.1) is 0 Å². The van der Waals surface area contributed by atoms with E-state index in [2.05, 4.69) is 37.7 Å². The van der Waals surface area contributed by atoms with Gasteiger partial charge in [0.05, 0.1) is 52.4 Å². The number of carbonyl (C=O) groups is 1. The zero-order valence-corrected chi connectivity index (χ0v) is 38.0. The van der Waals surface area contributed by atoms with E-state index < -0.39 is 106 Å². The number of carboxylic acids is 1. The topological polar surface area (TPSA) is 424 Å². The molecule has 14 N–H and O–H groups in total. The molecule has 0 aliphatic carbocycles. The number of rotatable bonds is 17. The summed E-state index contributed by atoms with van der Waals surface area (Å²) in [5.74, 6) is -3.07. The number of aromatic amines is 1. The molecule has 0 spiro atoms. The Kier molecular flexibility index (Phi) is 12.7. The van der Waals surface area contributed by atoms with Crippen molar-refractivity contribution in [2.45, 2.75) is 19.6 Å². The minimum absolute atomic E-state index is 0.00360. The lowest BCUT2D eigenvalue weighted by Gasteiger charge is -2.21. The number of hydrogen-bond acceptors (Lipinski definition) is 20. The SMILES string of the molecule is COc1cc(NNc2ccc(S(=O)(=O)O)c3cc(S(=O)(=O)O)cc(O)c23)c(OC)cc1NNc1c(S(=O)(=O)O)cc2cc(NNc3c(C(=O)O)[nH]n(-c4ccc(S(=O)(=O)O)cc4)c3=O)ccc2c1O. The standard InChI is InChI=1S/C38H34N8O19S4/c1-64-28-16-26(29(65-2)15-25(28)41-40-24-9-10-30(68(58,59)60)23-13-21(67(55,56)57)14-27(47)32(23)24)42-43-33-31(69(61,62)63)12-17-11-18(3-8-22(17)36(33)48)39-44-34-35(38(50)51)45-46(37(34)49)19-4-6-20(7-5-19)66(52,53)54/h3-16,39-45,47-48H,1-2H3,(H,50,51)(H,52,53,54)(H,55,56,57)(H,58,59,60)(H,61,62,63). The van der Waals surface area contributed by atoms with Crippen molar-refractivity contribution in [2.75, 3.05) is 46.8 Å². The normalized spacial score (nSPS) is 12.1. The smallest absolute Gasteiger partial charge is 0.356 e. The molecule has 0 fully saturated rings. The van der Waals surface area contributed by atoms with Gasteiger partial charge in [0.15, 0.2) is 11.4 Å². The van der Waals surface area contributed by atoms with Crippen LogP contribution in [0.1, 0.15) is 10.5 Å². The number of aromatic carboxylic acids is 1. The van der Waals surface area contributed by atoms with Crippen LogP contribution >= 0.6 is 0 Å². The van der Waals surface area contributed by atoms with Gasteiger partial charge in [-0.05, 0) is 72.1 Å². The molecule has 31 heteroatoms. The Hall–Kier alpha value is -8.04. The second-order valence-electron chi connectivity index (χ2n) is 14.2. The van der Waals surface area contributed by atoms with Gasteiger partial charge in [0, 0.05) is 34.4 Å². The van der Waals surface area contributed by atoms with Gasteiger partial charge in [0.1, 0.15) is 38.5 Å². The number of anilines is 6. The molecule has 0 atom stereocenters. The fourth-order valence-electron chi connectivity index (χ4n) is 6.80. The Balaban J connectivity index is 1.15. The van der Waals surface area contributed by atoms with Crippen molar-refractivity contribution in [1.82, 2.24) is 9.78 Å². The molecule has 364 valence electrons. The molecule has 0 saturated carbocycles. The van der Waals surface area contributed by atoms with Crippen LogP contribution in [0.2, 0.25) is 0 Å². The van der Waals surface area contributed by atoms with E-state index in [0.29, 0.717) is 6.07 Å². The first-order valence-corrected chi connectivity index (χ1v) is 24.5. The first-order valence-electron chi connectivity index (χ1n) is 18.7. The molecule has 0 bridgehead atoms. The highest BCUT2D eigenvalue weighted by molar-refractivity contribution is 7.86. The van der Waals surface area contributed by atoms with E-state index in [9.17, 15) is 76.8 Å². The Bertz CT molecular complexity index is 3790. The molecule has 0 aliphatic rings. The molecule has 0 radical (unpaired) electrons. The highest BCUT2D eigenvalue weighted by Crippen LogP contribution is 2.42. The summed E-state index contributed by atoms with van der Waals surface area (Å²) >= 11 is 0. The average molecular weight is 1030 g/mol. The Labute approximate surface area is 387 Å². The van der Waals surface area contributed by atoms with Crippen LogP contribution in [0.4, 0.5) is 34.1 Å². The monoisotopic (exact) mass is 1030 g/mol. The molecule has 0 saturated heterocycles. The summed E-state index contributed by atoms with van der Waals surface area (Å²) < 4.78 is 147. The van der Waals surface area contributed by atoms with Gasteiger partial charge in [0.2, 0.25) is 0 Å². The van der Waals surface area contributed by atoms with Crippen molar-refractivity contribution < 1.29 is 81.5 Å². The van der Waals surface area contributed by atoms with E-state index in [-0.39, 0.29) is 56.1 Å². The Morgan fingerprint density at radius 3 is 1.70 bits per heavy atom. The summed E-state index contributed by atoms with van der Waals surface area (Å²) in [6, 6.07) is 15.1. The molecule has 1 heterocycles. The van der Waals surface area contributed by atoms with Crippen molar-refractivity contribution in [2.24, 2.45) is 0 Å². The number of benzene rings is 6. The zero-order chi connectivity index (χ0) is 50.5. The first-order chi connectivity index (χ1) is 32.2. The number of ether oxygens (including phenoxy) is 2. The third-order valence-corrected chi connectivity index (χ3v) is 13.5. The predicted molar refractivity (Wildman–Crippen MR) is 245 cm³/mol. The number of phenolic OH excluding ortho intramolecular Hbond substituents is 2. The molecule has 0 aliphatic heterocycles. The number of methoxy groups -OCH3 is 2. The summed E-state index contributed by atoms with van der Waals surface area (Å²) in [5, 5.41) is 33.5. The van der Waals surface area contributed by atoms with E-state index in [1.54, 1.807) is 0 Å². The van der Waals surface area contributed by atoms with Gasteiger partial charge < -0.3 is 35.6 Å². The molecular formula is C38H34N8O19S4. The second-order valence-corrected chi connectivity index (χ2v) is 19.8. The fraction of sp³-hybridized carbons (Fsp3) is 0.0526. The maximum Gasteiger partial charge on any atom is 0.356 e. The molecule has 0 amide bonds. The number of fused-ring (bicyclic) bond motifs is 2. The third-order valence-electron chi connectivity index (χ3n) is 9.96. The predicted octanol–water partition coefficient (Wildman–Crippen LogP) is 3.90. The van der Waals surface area contributed by atoms with Crippen LogP contribution in [-0.4, -0.2) is 97.2 Å². The number of hydrogen-bond donors (Lipinski definition) is 14. The van der Waals surface area contributed by atoms with Crippen LogP contribution in [0, 0.1) is 0 Å². The van der Waals surface area contributed by atoms with Crippen molar-refractivity contribution >= 4 is 102 Å². The van der Waals surface area contributed by atoms with Crippen molar-refractivity contribution in [3.63, 3.8) is 0 Å².